The van der Waals surface area contributed by atoms with E-state index in [2.05, 4.69) is 24.7 Å². The fourth-order valence-electron chi connectivity index (χ4n) is 1.40. The van der Waals surface area contributed by atoms with E-state index in [9.17, 15) is 0 Å². The second-order valence-corrected chi connectivity index (χ2v) is 4.70. The lowest BCUT2D eigenvalue weighted by Gasteiger charge is -2.12. The van der Waals surface area contributed by atoms with Gasteiger partial charge in [0.05, 0.1) is 33.8 Å². The summed E-state index contributed by atoms with van der Waals surface area (Å²) in [5.74, 6) is 0.873. The van der Waals surface area contributed by atoms with E-state index in [4.69, 9.17) is 17.0 Å². The zero-order valence-corrected chi connectivity index (χ0v) is 12.1. The molecule has 4 nitrogen and oxygen atoms in total. The number of thiocarbonyl (C=S) groups is 1. The van der Waals surface area contributed by atoms with E-state index in [1.54, 1.807) is 0 Å². The third kappa shape index (κ3) is 5.84. The van der Waals surface area contributed by atoms with Crippen molar-refractivity contribution in [1.82, 2.24) is 5.32 Å². The van der Waals surface area contributed by atoms with Crippen molar-refractivity contribution >= 4 is 23.0 Å². The van der Waals surface area contributed by atoms with Crippen LogP contribution in [0.2, 0.25) is 0 Å². The van der Waals surface area contributed by atoms with E-state index in [1.165, 1.54) is 4.90 Å². The number of benzene rings is 1. The van der Waals surface area contributed by atoms with Crippen LogP contribution in [0.25, 0.3) is 0 Å². The van der Waals surface area contributed by atoms with Crippen LogP contribution in [0.4, 0.5) is 5.69 Å². The van der Waals surface area contributed by atoms with Crippen molar-refractivity contribution in [3.05, 3.63) is 24.3 Å². The fraction of sp³-hybridized carbons (Fsp3) is 0.462. The summed E-state index contributed by atoms with van der Waals surface area (Å²) in [4.78, 5) is 1.39. The molecule has 0 unspecified atom stereocenters. The largest absolute Gasteiger partial charge is 0.494 e. The molecule has 5 heteroatoms. The fourth-order valence-corrected chi connectivity index (χ4v) is 1.62. The van der Waals surface area contributed by atoms with Crippen LogP contribution in [-0.4, -0.2) is 38.9 Å². The van der Waals surface area contributed by atoms with E-state index in [-0.39, 0.29) is 0 Å². The molecular formula is C13H22N3OS+. The summed E-state index contributed by atoms with van der Waals surface area (Å²) in [5.41, 5.74) is 0.966. The molecule has 0 aliphatic rings. The maximum atomic E-state index is 5.38. The van der Waals surface area contributed by atoms with Gasteiger partial charge in [-0.25, -0.2) is 0 Å². The summed E-state index contributed by atoms with van der Waals surface area (Å²) in [6.07, 6.45) is 0. The van der Waals surface area contributed by atoms with Crippen molar-refractivity contribution in [3.8, 4) is 5.75 Å². The molecule has 0 spiro atoms. The van der Waals surface area contributed by atoms with Gasteiger partial charge >= 0.3 is 0 Å². The van der Waals surface area contributed by atoms with Gasteiger partial charge in [-0.1, -0.05) is 0 Å². The van der Waals surface area contributed by atoms with Crippen LogP contribution in [0.1, 0.15) is 6.92 Å². The monoisotopic (exact) mass is 268 g/mol. The highest BCUT2D eigenvalue weighted by molar-refractivity contribution is 7.80. The summed E-state index contributed by atoms with van der Waals surface area (Å²) in [7, 11) is 4.23. The van der Waals surface area contributed by atoms with Gasteiger partial charge in [-0.3, -0.25) is 0 Å². The molecule has 0 aliphatic carbocycles. The van der Waals surface area contributed by atoms with Crippen molar-refractivity contribution < 1.29 is 9.64 Å². The molecule has 18 heavy (non-hydrogen) atoms. The summed E-state index contributed by atoms with van der Waals surface area (Å²) < 4.78 is 5.38. The van der Waals surface area contributed by atoms with E-state index in [0.717, 1.165) is 24.5 Å². The molecule has 0 fully saturated rings. The lowest BCUT2D eigenvalue weighted by atomic mass is 10.3. The van der Waals surface area contributed by atoms with Gasteiger partial charge < -0.3 is 20.3 Å². The topological polar surface area (TPSA) is 37.7 Å². The minimum atomic E-state index is 0.653. The summed E-state index contributed by atoms with van der Waals surface area (Å²) in [5, 5.41) is 6.96. The first-order chi connectivity index (χ1) is 8.61. The van der Waals surface area contributed by atoms with Gasteiger partial charge in [0.15, 0.2) is 5.11 Å². The molecule has 0 atom stereocenters. The number of hydrogen-bond acceptors (Lipinski definition) is 2. The quantitative estimate of drug-likeness (QED) is 0.658. The molecule has 0 saturated heterocycles. The van der Waals surface area contributed by atoms with Crippen LogP contribution in [-0.2, 0) is 0 Å². The molecular weight excluding hydrogens is 246 g/mol. The van der Waals surface area contributed by atoms with Gasteiger partial charge in [-0.2, -0.15) is 0 Å². The second-order valence-electron chi connectivity index (χ2n) is 4.30. The molecule has 0 aliphatic heterocycles. The highest BCUT2D eigenvalue weighted by Crippen LogP contribution is 2.15. The average molecular weight is 268 g/mol. The van der Waals surface area contributed by atoms with Gasteiger partial charge in [0.1, 0.15) is 5.75 Å². The number of anilines is 1. The lowest BCUT2D eigenvalue weighted by Crippen LogP contribution is -3.06. The Bertz CT molecular complexity index is 365. The molecule has 0 radical (unpaired) electrons. The first-order valence-corrected chi connectivity index (χ1v) is 6.59. The van der Waals surface area contributed by atoms with Crippen molar-refractivity contribution in [2.45, 2.75) is 6.92 Å². The molecule has 0 bridgehead atoms. The van der Waals surface area contributed by atoms with Crippen molar-refractivity contribution in [1.29, 1.82) is 0 Å². The Morgan fingerprint density at radius 2 is 1.94 bits per heavy atom. The van der Waals surface area contributed by atoms with E-state index >= 15 is 0 Å². The van der Waals surface area contributed by atoms with Crippen LogP contribution in [0.5, 0.6) is 5.75 Å². The smallest absolute Gasteiger partial charge is 0.170 e. The van der Waals surface area contributed by atoms with E-state index in [0.29, 0.717) is 11.7 Å². The van der Waals surface area contributed by atoms with E-state index < -0.39 is 0 Å². The Kier molecular flexibility index (Phi) is 6.46. The molecule has 1 aromatic carbocycles. The Hall–Kier alpha value is -1.33. The number of hydrogen-bond donors (Lipinski definition) is 3. The SMILES string of the molecule is CCOc1ccc(NC(=S)NCC[NH+](C)C)cc1. The van der Waals surface area contributed by atoms with Crippen molar-refractivity contribution in [3.63, 3.8) is 0 Å². The first kappa shape index (κ1) is 14.7. The molecule has 0 heterocycles. The van der Waals surface area contributed by atoms with Crippen LogP contribution in [0, 0.1) is 0 Å². The van der Waals surface area contributed by atoms with Crippen LogP contribution < -0.4 is 20.3 Å². The molecule has 1 rings (SSSR count). The van der Waals surface area contributed by atoms with Gasteiger partial charge in [0.25, 0.3) is 0 Å². The maximum Gasteiger partial charge on any atom is 0.170 e. The maximum absolute atomic E-state index is 5.38. The zero-order valence-electron chi connectivity index (χ0n) is 11.2. The number of nitrogens with one attached hydrogen (secondary N) is 3. The summed E-state index contributed by atoms with van der Waals surface area (Å²) in [6.45, 7) is 4.55. The van der Waals surface area contributed by atoms with Crippen molar-refractivity contribution in [2.75, 3.05) is 39.1 Å². The highest BCUT2D eigenvalue weighted by atomic mass is 32.1. The van der Waals surface area contributed by atoms with Crippen LogP contribution in [0.3, 0.4) is 0 Å². The lowest BCUT2D eigenvalue weighted by molar-refractivity contribution is -0.856. The third-order valence-corrected chi connectivity index (χ3v) is 2.58. The zero-order chi connectivity index (χ0) is 13.4. The first-order valence-electron chi connectivity index (χ1n) is 6.18. The minimum Gasteiger partial charge on any atom is -0.494 e. The average Bonchev–Trinajstić information content (AvgIpc) is 2.31. The number of quaternary nitrogens is 1. The molecule has 1 aromatic rings. The Morgan fingerprint density at radius 1 is 1.28 bits per heavy atom. The van der Waals surface area contributed by atoms with Crippen LogP contribution >= 0.6 is 12.2 Å². The molecule has 0 aromatic heterocycles. The van der Waals surface area contributed by atoms with Crippen molar-refractivity contribution in [2.24, 2.45) is 0 Å². The number of rotatable bonds is 6. The predicted molar refractivity (Wildman–Crippen MR) is 79.5 cm³/mol. The minimum absolute atomic E-state index is 0.653. The normalized spacial score (nSPS) is 10.2. The Labute approximate surface area is 114 Å². The Morgan fingerprint density at radius 3 is 2.50 bits per heavy atom. The Balaban J connectivity index is 2.35. The third-order valence-electron chi connectivity index (χ3n) is 2.33. The predicted octanol–water partition coefficient (Wildman–Crippen LogP) is 0.516. The van der Waals surface area contributed by atoms with Gasteiger partial charge in [0, 0.05) is 5.69 Å². The molecule has 0 saturated carbocycles. The van der Waals surface area contributed by atoms with E-state index in [1.807, 2.05) is 31.2 Å². The van der Waals surface area contributed by atoms with Gasteiger partial charge in [-0.05, 0) is 43.4 Å². The number of ether oxygens (including phenoxy) is 1. The van der Waals surface area contributed by atoms with Crippen LogP contribution in [0.15, 0.2) is 24.3 Å². The summed E-state index contributed by atoms with van der Waals surface area (Å²) >= 11 is 5.21. The van der Waals surface area contributed by atoms with Gasteiger partial charge in [-0.15, -0.1) is 0 Å². The molecule has 100 valence electrons. The molecule has 0 amide bonds. The highest BCUT2D eigenvalue weighted by Gasteiger charge is 1.99. The summed E-state index contributed by atoms with van der Waals surface area (Å²) in [6, 6.07) is 7.77. The second kappa shape index (κ2) is 7.89. The number of likely N-dealkylation sites (N-methyl/N-ethyl adjacent to an activating group) is 1. The standard InChI is InChI=1S/C13H21N3OS/c1-4-17-12-7-5-11(6-8-12)15-13(18)14-9-10-16(2)3/h5-8H,4,9-10H2,1-3H3,(H2,14,15,18)/p+1. The molecule has 3 N–H and O–H groups in total. The van der Waals surface area contributed by atoms with Gasteiger partial charge in [0.2, 0.25) is 0 Å².